The van der Waals surface area contributed by atoms with Crippen LogP contribution in [0.4, 0.5) is 4.39 Å². The molecule has 0 unspecified atom stereocenters. The maximum absolute atomic E-state index is 12.2. The molecule has 0 aliphatic heterocycles. The van der Waals surface area contributed by atoms with Crippen LogP contribution in [0.15, 0.2) is 22.9 Å². The first-order valence-electron chi connectivity index (χ1n) is 2.54. The van der Waals surface area contributed by atoms with Gasteiger partial charge in [-0.25, -0.2) is 4.39 Å². The fraction of sp³-hybridized carbons (Fsp3) is 0.333. The summed E-state index contributed by atoms with van der Waals surface area (Å²) in [6.45, 7) is 0. The highest BCUT2D eigenvalue weighted by Crippen LogP contribution is 2.19. The quantitative estimate of drug-likeness (QED) is 0.478. The highest BCUT2D eigenvalue weighted by atomic mass is 32.1. The maximum atomic E-state index is 12.2. The summed E-state index contributed by atoms with van der Waals surface area (Å²) in [5.41, 5.74) is 0. The maximum Gasteiger partial charge on any atom is 0.120 e. The van der Waals surface area contributed by atoms with Crippen LogP contribution in [0.3, 0.4) is 0 Å². The second-order valence-corrected chi connectivity index (χ2v) is 2.34. The Morgan fingerprint density at radius 3 is 2.75 bits per heavy atom. The fourth-order valence-electron chi connectivity index (χ4n) is 0.648. The average molecular weight is 130 g/mol. The van der Waals surface area contributed by atoms with Gasteiger partial charge < -0.3 is 0 Å². The molecule has 0 N–H and O–H groups in total. The number of thiol groups is 1. The van der Waals surface area contributed by atoms with Crippen molar-refractivity contribution in [3.05, 3.63) is 22.9 Å². The van der Waals surface area contributed by atoms with E-state index >= 15 is 0 Å². The van der Waals surface area contributed by atoms with Gasteiger partial charge in [0.15, 0.2) is 0 Å². The van der Waals surface area contributed by atoms with Crippen LogP contribution in [0.5, 0.6) is 0 Å². The molecule has 0 amide bonds. The smallest absolute Gasteiger partial charge is 0.120 e. The van der Waals surface area contributed by atoms with Crippen molar-refractivity contribution in [2.45, 2.75) is 12.8 Å². The largest absolute Gasteiger partial charge is 0.207 e. The minimum absolute atomic E-state index is 0.152. The summed E-state index contributed by atoms with van der Waals surface area (Å²) < 4.78 is 12.2. The highest BCUT2D eigenvalue weighted by Gasteiger charge is 1.98. The Balaban J connectivity index is 2.69. The van der Waals surface area contributed by atoms with Crippen LogP contribution in [-0.2, 0) is 0 Å². The molecule has 1 rings (SSSR count). The summed E-state index contributed by atoms with van der Waals surface area (Å²) in [6, 6.07) is 0. The molecule has 0 aromatic carbocycles. The van der Waals surface area contributed by atoms with Crippen LogP contribution in [0.1, 0.15) is 12.8 Å². The molecular formula is C6H7FS. The average Bonchev–Trinajstić information content (AvgIpc) is 1.64. The molecular weight excluding hydrogens is 123 g/mol. The van der Waals surface area contributed by atoms with Crippen molar-refractivity contribution in [2.75, 3.05) is 0 Å². The van der Waals surface area contributed by atoms with Gasteiger partial charge in [0.1, 0.15) is 5.83 Å². The first kappa shape index (κ1) is 5.89. The Bertz CT molecular complexity index is 147. The lowest BCUT2D eigenvalue weighted by molar-refractivity contribution is 0.651. The number of hydrogen-bond donors (Lipinski definition) is 1. The predicted molar refractivity (Wildman–Crippen MR) is 35.5 cm³/mol. The van der Waals surface area contributed by atoms with Gasteiger partial charge in [0.05, 0.1) is 0 Å². The van der Waals surface area contributed by atoms with Gasteiger partial charge in [0.25, 0.3) is 0 Å². The number of hydrogen-bond acceptors (Lipinski definition) is 1. The van der Waals surface area contributed by atoms with E-state index in [-0.39, 0.29) is 5.83 Å². The van der Waals surface area contributed by atoms with E-state index in [1.165, 1.54) is 6.08 Å². The lowest BCUT2D eigenvalue weighted by atomic mass is 10.2. The van der Waals surface area contributed by atoms with Crippen molar-refractivity contribution in [3.8, 4) is 0 Å². The second-order valence-electron chi connectivity index (χ2n) is 1.76. The zero-order valence-electron chi connectivity index (χ0n) is 4.39. The van der Waals surface area contributed by atoms with Gasteiger partial charge in [0, 0.05) is 0 Å². The zero-order chi connectivity index (χ0) is 5.98. The summed E-state index contributed by atoms with van der Waals surface area (Å²) in [5, 5.41) is 0. The van der Waals surface area contributed by atoms with E-state index in [1.54, 1.807) is 6.08 Å². The summed E-state index contributed by atoms with van der Waals surface area (Å²) >= 11 is 4.00. The van der Waals surface area contributed by atoms with E-state index in [1.807, 2.05) is 0 Å². The van der Waals surface area contributed by atoms with Crippen molar-refractivity contribution < 1.29 is 4.39 Å². The standard InChI is InChI=1S/C6H7FS/c7-5-2-1-3-6(8)4-5/h2,4,8H,1,3H2. The van der Waals surface area contributed by atoms with Gasteiger partial charge in [-0.15, -0.1) is 12.6 Å². The first-order chi connectivity index (χ1) is 3.79. The molecule has 0 spiro atoms. The predicted octanol–water partition coefficient (Wildman–Crippen LogP) is 2.45. The van der Waals surface area contributed by atoms with Crippen LogP contribution in [0.25, 0.3) is 0 Å². The molecule has 8 heavy (non-hydrogen) atoms. The number of halogens is 1. The lowest BCUT2D eigenvalue weighted by Crippen LogP contribution is -1.81. The molecule has 0 aromatic rings. The molecule has 0 fully saturated rings. The molecule has 0 atom stereocenters. The van der Waals surface area contributed by atoms with Crippen molar-refractivity contribution in [1.82, 2.24) is 0 Å². The first-order valence-corrected chi connectivity index (χ1v) is 2.99. The van der Waals surface area contributed by atoms with Crippen LogP contribution in [0, 0.1) is 0 Å². The highest BCUT2D eigenvalue weighted by molar-refractivity contribution is 7.84. The molecule has 0 saturated carbocycles. The molecule has 0 nitrogen and oxygen atoms in total. The Labute approximate surface area is 53.5 Å². The number of rotatable bonds is 0. The van der Waals surface area contributed by atoms with Crippen LogP contribution < -0.4 is 0 Å². The van der Waals surface area contributed by atoms with Gasteiger partial charge in [-0.3, -0.25) is 0 Å². The van der Waals surface area contributed by atoms with Crippen molar-refractivity contribution >= 4 is 12.6 Å². The third-order valence-corrected chi connectivity index (χ3v) is 1.40. The molecule has 0 aromatic heterocycles. The zero-order valence-corrected chi connectivity index (χ0v) is 5.29. The molecule has 0 heterocycles. The summed E-state index contributed by atoms with van der Waals surface area (Å²) in [7, 11) is 0. The Kier molecular flexibility index (Phi) is 1.73. The third kappa shape index (κ3) is 1.37. The van der Waals surface area contributed by atoms with Gasteiger partial charge >= 0.3 is 0 Å². The summed E-state index contributed by atoms with van der Waals surface area (Å²) in [4.78, 5) is 0.838. The number of allylic oxidation sites excluding steroid dienone is 4. The van der Waals surface area contributed by atoms with Crippen LogP contribution >= 0.6 is 12.6 Å². The Hall–Kier alpha value is -0.240. The SMILES string of the molecule is FC1=CCCC(S)=C1. The van der Waals surface area contributed by atoms with Crippen molar-refractivity contribution in [1.29, 1.82) is 0 Å². The monoisotopic (exact) mass is 130 g/mol. The van der Waals surface area contributed by atoms with Crippen LogP contribution in [0.2, 0.25) is 0 Å². The molecule has 0 radical (unpaired) electrons. The lowest BCUT2D eigenvalue weighted by Gasteiger charge is -2.01. The van der Waals surface area contributed by atoms with Crippen molar-refractivity contribution in [2.24, 2.45) is 0 Å². The molecule has 1 aliphatic rings. The molecule has 1 aliphatic carbocycles. The van der Waals surface area contributed by atoms with E-state index in [9.17, 15) is 4.39 Å². The summed E-state index contributed by atoms with van der Waals surface area (Å²) in [6.07, 6.45) is 4.70. The van der Waals surface area contributed by atoms with Gasteiger partial charge in [-0.1, -0.05) is 0 Å². The molecule has 0 bridgehead atoms. The minimum Gasteiger partial charge on any atom is -0.207 e. The molecule has 2 heteroatoms. The van der Waals surface area contributed by atoms with Gasteiger partial charge in [-0.2, -0.15) is 0 Å². The molecule has 44 valence electrons. The van der Waals surface area contributed by atoms with E-state index < -0.39 is 0 Å². The van der Waals surface area contributed by atoms with E-state index in [0.717, 1.165) is 17.7 Å². The van der Waals surface area contributed by atoms with E-state index in [0.29, 0.717) is 0 Å². The topological polar surface area (TPSA) is 0 Å². The van der Waals surface area contributed by atoms with Crippen molar-refractivity contribution in [3.63, 3.8) is 0 Å². The Morgan fingerprint density at radius 2 is 2.38 bits per heavy atom. The third-order valence-electron chi connectivity index (χ3n) is 1.04. The Morgan fingerprint density at radius 1 is 1.62 bits per heavy atom. The minimum atomic E-state index is -0.152. The van der Waals surface area contributed by atoms with Gasteiger partial charge in [0.2, 0.25) is 0 Å². The normalized spacial score (nSPS) is 19.8. The van der Waals surface area contributed by atoms with Crippen LogP contribution in [-0.4, -0.2) is 0 Å². The van der Waals surface area contributed by atoms with E-state index in [4.69, 9.17) is 0 Å². The summed E-state index contributed by atoms with van der Waals surface area (Å²) in [5.74, 6) is -0.152. The second kappa shape index (κ2) is 2.35. The fourth-order valence-corrected chi connectivity index (χ4v) is 0.901. The van der Waals surface area contributed by atoms with E-state index in [2.05, 4.69) is 12.6 Å². The molecule has 0 saturated heterocycles. The van der Waals surface area contributed by atoms with Gasteiger partial charge in [-0.05, 0) is 29.9 Å².